The fourth-order valence-corrected chi connectivity index (χ4v) is 3.42. The van der Waals surface area contributed by atoms with Gasteiger partial charge in [-0.15, -0.1) is 0 Å². The Morgan fingerprint density at radius 3 is 2.40 bits per heavy atom. The molecule has 1 aliphatic rings. The van der Waals surface area contributed by atoms with Gasteiger partial charge >= 0.3 is 0 Å². The van der Waals surface area contributed by atoms with Crippen molar-refractivity contribution in [1.29, 1.82) is 0 Å². The summed E-state index contributed by atoms with van der Waals surface area (Å²) >= 11 is 0. The summed E-state index contributed by atoms with van der Waals surface area (Å²) in [4.78, 5) is 18.7. The highest BCUT2D eigenvalue weighted by Gasteiger charge is 2.21. The Kier molecular flexibility index (Phi) is 7.34. The van der Waals surface area contributed by atoms with E-state index in [-0.39, 0.29) is 17.5 Å². The zero-order valence-electron chi connectivity index (χ0n) is 17.6. The number of carbonyl (C=O) groups excluding carboxylic acids is 1. The molecule has 160 valence electrons. The van der Waals surface area contributed by atoms with Crippen molar-refractivity contribution < 1.29 is 14.3 Å². The lowest BCUT2D eigenvalue weighted by molar-refractivity contribution is 0.0870. The number of benzene rings is 1. The van der Waals surface area contributed by atoms with Gasteiger partial charge in [-0.05, 0) is 50.0 Å². The number of allylic oxidation sites excluding steroid dienone is 1. The normalized spacial score (nSPS) is 16.9. The second kappa shape index (κ2) is 9.96. The summed E-state index contributed by atoms with van der Waals surface area (Å²) in [5, 5.41) is 13.7. The third-order valence-corrected chi connectivity index (χ3v) is 5.62. The molecule has 1 saturated heterocycles. The lowest BCUT2D eigenvalue weighted by Crippen LogP contribution is -2.40. The molecule has 2 aromatic rings. The molecule has 3 atom stereocenters. The van der Waals surface area contributed by atoms with Crippen LogP contribution in [-0.4, -0.2) is 52.6 Å². The number of hydrogen-bond donors (Lipinski definition) is 2. The van der Waals surface area contributed by atoms with Crippen LogP contribution in [0.15, 0.2) is 54.9 Å². The smallest absolute Gasteiger partial charge is 0.195 e. The summed E-state index contributed by atoms with van der Waals surface area (Å²) in [7, 11) is 0. The Bertz CT molecular complexity index is 861. The van der Waals surface area contributed by atoms with Crippen molar-refractivity contribution in [2.24, 2.45) is 0 Å². The Hall–Kier alpha value is -2.57. The molecule has 0 bridgehead atoms. The fraction of sp³-hybridized carbons (Fsp3) is 0.417. The Morgan fingerprint density at radius 2 is 1.90 bits per heavy atom. The van der Waals surface area contributed by atoms with Crippen molar-refractivity contribution in [3.05, 3.63) is 66.1 Å². The van der Waals surface area contributed by atoms with Crippen molar-refractivity contribution in [2.45, 2.75) is 45.0 Å². The average molecular weight is 412 g/mol. The number of pyridine rings is 1. The molecule has 0 radical (unpaired) electrons. The second-order valence-electron chi connectivity index (χ2n) is 7.85. The summed E-state index contributed by atoms with van der Waals surface area (Å²) in [5.74, 6) is 0.0435. The van der Waals surface area contributed by atoms with E-state index in [1.54, 1.807) is 12.3 Å². The molecule has 2 heterocycles. The van der Waals surface area contributed by atoms with Gasteiger partial charge < -0.3 is 10.4 Å². The number of aliphatic hydroxyl groups excluding tert-OH is 1. The first-order valence-corrected chi connectivity index (χ1v) is 10.5. The summed E-state index contributed by atoms with van der Waals surface area (Å²) < 4.78 is 13.4. The maximum absolute atomic E-state index is 13.4. The number of nitrogens with one attached hydrogen (secondary N) is 1. The van der Waals surface area contributed by atoms with Gasteiger partial charge in [-0.25, -0.2) is 4.39 Å². The molecule has 1 aliphatic heterocycles. The minimum atomic E-state index is -1.18. The van der Waals surface area contributed by atoms with Gasteiger partial charge in [-0.1, -0.05) is 43.8 Å². The Morgan fingerprint density at radius 1 is 1.23 bits per heavy atom. The van der Waals surface area contributed by atoms with E-state index in [0.29, 0.717) is 18.7 Å². The SMILES string of the molecule is C=C(NC(CC)C(O)c1ccc(-c2ccc(C(=O)CN3CCC3)nc2)cc1)C(C)F. The molecule has 0 spiro atoms. The van der Waals surface area contributed by atoms with Gasteiger partial charge in [0.25, 0.3) is 0 Å². The molecule has 0 aliphatic carbocycles. The summed E-state index contributed by atoms with van der Waals surface area (Å²) in [5.41, 5.74) is 3.35. The number of carbonyl (C=O) groups is 1. The van der Waals surface area contributed by atoms with Crippen LogP contribution in [0.1, 0.15) is 48.8 Å². The molecule has 2 N–H and O–H groups in total. The number of halogens is 1. The van der Waals surface area contributed by atoms with Crippen LogP contribution in [-0.2, 0) is 0 Å². The summed E-state index contributed by atoms with van der Waals surface area (Å²) in [6.07, 6.45) is 1.54. The molecule has 0 amide bonds. The van der Waals surface area contributed by atoms with Gasteiger partial charge in [0.15, 0.2) is 5.78 Å². The van der Waals surface area contributed by atoms with E-state index in [1.807, 2.05) is 37.3 Å². The van der Waals surface area contributed by atoms with Crippen LogP contribution in [0.3, 0.4) is 0 Å². The number of ketones is 1. The van der Waals surface area contributed by atoms with Crippen LogP contribution in [0.5, 0.6) is 0 Å². The van der Waals surface area contributed by atoms with Gasteiger partial charge in [-0.2, -0.15) is 0 Å². The van der Waals surface area contributed by atoms with E-state index >= 15 is 0 Å². The van der Waals surface area contributed by atoms with Gasteiger partial charge in [0.1, 0.15) is 11.9 Å². The van der Waals surface area contributed by atoms with Gasteiger partial charge in [0.05, 0.1) is 18.7 Å². The molecular formula is C24H30FN3O2. The number of aliphatic hydroxyl groups is 1. The quantitative estimate of drug-likeness (QED) is 0.581. The topological polar surface area (TPSA) is 65.5 Å². The van der Waals surface area contributed by atoms with Crippen LogP contribution in [0.4, 0.5) is 4.39 Å². The minimum absolute atomic E-state index is 0.0435. The Balaban J connectivity index is 1.65. The summed E-state index contributed by atoms with van der Waals surface area (Å²) in [6.45, 7) is 9.43. The standard InChI is InChI=1S/C24H30FN3O2/c1-4-21(27-17(3)16(2)25)24(30)19-8-6-18(7-9-19)20-10-11-22(26-14-20)23(29)15-28-12-5-13-28/h6-11,14,16,21,24,27,30H,3-5,12-13,15H2,1-2H3. The zero-order chi connectivity index (χ0) is 21.7. The molecule has 1 fully saturated rings. The predicted molar refractivity (Wildman–Crippen MR) is 117 cm³/mol. The van der Waals surface area contributed by atoms with Gasteiger partial charge in [0, 0.05) is 17.5 Å². The van der Waals surface area contributed by atoms with E-state index < -0.39 is 12.3 Å². The van der Waals surface area contributed by atoms with Crippen LogP contribution >= 0.6 is 0 Å². The van der Waals surface area contributed by atoms with Gasteiger partial charge in [0.2, 0.25) is 0 Å². The fourth-order valence-electron chi connectivity index (χ4n) is 3.42. The van der Waals surface area contributed by atoms with Crippen LogP contribution in [0.2, 0.25) is 0 Å². The maximum atomic E-state index is 13.4. The highest BCUT2D eigenvalue weighted by Crippen LogP contribution is 2.25. The maximum Gasteiger partial charge on any atom is 0.195 e. The van der Waals surface area contributed by atoms with Crippen molar-refractivity contribution >= 4 is 5.78 Å². The summed E-state index contributed by atoms with van der Waals surface area (Å²) in [6, 6.07) is 10.9. The van der Waals surface area contributed by atoms with Crippen LogP contribution in [0, 0.1) is 0 Å². The molecule has 1 aromatic carbocycles. The highest BCUT2D eigenvalue weighted by atomic mass is 19.1. The third kappa shape index (κ3) is 5.32. The monoisotopic (exact) mass is 411 g/mol. The first-order chi connectivity index (χ1) is 14.4. The average Bonchev–Trinajstić information content (AvgIpc) is 2.74. The van der Waals surface area contributed by atoms with E-state index in [1.165, 1.54) is 6.92 Å². The molecule has 6 heteroatoms. The van der Waals surface area contributed by atoms with Crippen molar-refractivity contribution in [1.82, 2.24) is 15.2 Å². The zero-order valence-corrected chi connectivity index (χ0v) is 17.6. The second-order valence-corrected chi connectivity index (χ2v) is 7.85. The number of Topliss-reactive ketones (excluding diaryl/α,β-unsaturated/α-hetero) is 1. The first kappa shape index (κ1) is 22.1. The van der Waals surface area contributed by atoms with Crippen molar-refractivity contribution in [3.63, 3.8) is 0 Å². The van der Waals surface area contributed by atoms with Crippen LogP contribution < -0.4 is 5.32 Å². The number of nitrogens with zero attached hydrogens (tertiary/aromatic N) is 2. The van der Waals surface area contributed by atoms with E-state index in [4.69, 9.17) is 0 Å². The van der Waals surface area contributed by atoms with Crippen molar-refractivity contribution in [3.8, 4) is 11.1 Å². The van der Waals surface area contributed by atoms with Crippen LogP contribution in [0.25, 0.3) is 11.1 Å². The Labute approximate surface area is 177 Å². The number of hydrogen-bond acceptors (Lipinski definition) is 5. The molecule has 5 nitrogen and oxygen atoms in total. The largest absolute Gasteiger partial charge is 0.386 e. The van der Waals surface area contributed by atoms with Crippen molar-refractivity contribution in [2.75, 3.05) is 19.6 Å². The number of rotatable bonds is 10. The highest BCUT2D eigenvalue weighted by molar-refractivity contribution is 5.96. The predicted octanol–water partition coefficient (Wildman–Crippen LogP) is 3.91. The lowest BCUT2D eigenvalue weighted by atomic mass is 9.97. The molecule has 3 unspecified atom stereocenters. The minimum Gasteiger partial charge on any atom is -0.386 e. The third-order valence-electron chi connectivity index (χ3n) is 5.62. The van der Waals surface area contributed by atoms with E-state index in [0.717, 1.165) is 36.2 Å². The lowest BCUT2D eigenvalue weighted by Gasteiger charge is -2.29. The number of likely N-dealkylation sites (tertiary alicyclic amines) is 1. The molecular weight excluding hydrogens is 381 g/mol. The first-order valence-electron chi connectivity index (χ1n) is 10.5. The van der Waals surface area contributed by atoms with Gasteiger partial charge in [-0.3, -0.25) is 14.7 Å². The molecule has 3 rings (SSSR count). The molecule has 0 saturated carbocycles. The number of alkyl halides is 1. The number of aromatic nitrogens is 1. The molecule has 1 aromatic heterocycles. The van der Waals surface area contributed by atoms with E-state index in [9.17, 15) is 14.3 Å². The molecule has 30 heavy (non-hydrogen) atoms. The van der Waals surface area contributed by atoms with E-state index in [2.05, 4.69) is 21.8 Å².